The van der Waals surface area contributed by atoms with Crippen LogP contribution in [0.3, 0.4) is 0 Å². The number of carbonyl (C=O) groups excluding carboxylic acids is 2. The lowest BCUT2D eigenvalue weighted by atomic mass is 9.98. The topological polar surface area (TPSA) is 145 Å². The fraction of sp³-hybridized carbons (Fsp3) is 0.333. The summed E-state index contributed by atoms with van der Waals surface area (Å²) in [4.78, 5) is 44.7. The third-order valence-corrected chi connectivity index (χ3v) is 7.77. The summed E-state index contributed by atoms with van der Waals surface area (Å²) in [7, 11) is 0. The molecule has 3 aromatic carbocycles. The van der Waals surface area contributed by atoms with Crippen LogP contribution in [0.25, 0.3) is 0 Å². The molecule has 0 saturated carbocycles. The zero-order chi connectivity index (χ0) is 33.1. The Morgan fingerprint density at radius 2 is 1.43 bits per heavy atom. The van der Waals surface area contributed by atoms with Gasteiger partial charge < -0.3 is 25.3 Å². The van der Waals surface area contributed by atoms with Crippen LogP contribution in [0.1, 0.15) is 78.8 Å². The number of nitrogens with one attached hydrogen (secondary N) is 2. The van der Waals surface area contributed by atoms with Crippen LogP contribution >= 0.6 is 0 Å². The largest absolute Gasteiger partial charge is 0.465 e. The molecule has 0 radical (unpaired) electrons. The van der Waals surface area contributed by atoms with Gasteiger partial charge in [-0.15, -0.1) is 0 Å². The highest BCUT2D eigenvalue weighted by Gasteiger charge is 2.35. The second kappa shape index (κ2) is 16.4. The van der Waals surface area contributed by atoms with Gasteiger partial charge in [0.2, 0.25) is 11.8 Å². The Bertz CT molecular complexity index is 1540. The van der Waals surface area contributed by atoms with E-state index in [2.05, 4.69) is 15.6 Å². The monoisotopic (exact) mass is 626 g/mol. The van der Waals surface area contributed by atoms with E-state index in [4.69, 9.17) is 4.42 Å². The first-order valence-electron chi connectivity index (χ1n) is 15.5. The van der Waals surface area contributed by atoms with E-state index in [1.165, 1.54) is 6.26 Å². The van der Waals surface area contributed by atoms with Crippen LogP contribution in [0.4, 0.5) is 4.79 Å². The average molecular weight is 627 g/mol. The van der Waals surface area contributed by atoms with E-state index in [9.17, 15) is 24.6 Å². The molecule has 3 amide bonds. The van der Waals surface area contributed by atoms with Crippen molar-refractivity contribution in [2.24, 2.45) is 5.92 Å². The van der Waals surface area contributed by atoms with Crippen molar-refractivity contribution >= 4 is 17.9 Å². The van der Waals surface area contributed by atoms with Crippen molar-refractivity contribution in [2.45, 2.75) is 70.8 Å². The maximum Gasteiger partial charge on any atom is 0.408 e. The van der Waals surface area contributed by atoms with Crippen LogP contribution in [0.15, 0.2) is 102 Å². The first kappa shape index (κ1) is 33.9. The number of rotatable bonds is 15. The summed E-state index contributed by atoms with van der Waals surface area (Å²) in [6.07, 6.45) is -0.379. The lowest BCUT2D eigenvalue weighted by Gasteiger charge is -2.32. The molecule has 4 aromatic rings. The third-order valence-electron chi connectivity index (χ3n) is 7.77. The number of nitrogens with zero attached hydrogens (tertiary/aromatic N) is 2. The predicted octanol–water partition coefficient (Wildman–Crippen LogP) is 5.91. The Kier molecular flexibility index (Phi) is 12.1. The van der Waals surface area contributed by atoms with Crippen LogP contribution in [0, 0.1) is 5.92 Å². The van der Waals surface area contributed by atoms with Crippen LogP contribution in [0.5, 0.6) is 0 Å². The molecule has 0 aliphatic rings. The van der Waals surface area contributed by atoms with E-state index in [1.807, 2.05) is 112 Å². The molecule has 0 saturated heterocycles. The Morgan fingerprint density at radius 3 is 2.02 bits per heavy atom. The highest BCUT2D eigenvalue weighted by atomic mass is 16.4. The van der Waals surface area contributed by atoms with Gasteiger partial charge in [-0.25, -0.2) is 9.78 Å². The molecular weight excluding hydrogens is 584 g/mol. The van der Waals surface area contributed by atoms with Gasteiger partial charge in [0, 0.05) is 6.54 Å². The number of aryl methyl sites for hydroxylation is 1. The fourth-order valence-electron chi connectivity index (χ4n) is 5.26. The van der Waals surface area contributed by atoms with Crippen molar-refractivity contribution < 1.29 is 29.0 Å². The number of aliphatic hydroxyl groups excluding tert-OH is 1. The number of aromatic nitrogens is 1. The first-order chi connectivity index (χ1) is 22.1. The number of hydrogen-bond acceptors (Lipinski definition) is 6. The van der Waals surface area contributed by atoms with Crippen molar-refractivity contribution in [3.63, 3.8) is 0 Å². The molecule has 4 N–H and O–H groups in total. The third kappa shape index (κ3) is 9.52. The van der Waals surface area contributed by atoms with Gasteiger partial charge in [-0.3, -0.25) is 14.5 Å². The first-order valence-corrected chi connectivity index (χ1v) is 15.5. The van der Waals surface area contributed by atoms with Crippen molar-refractivity contribution in [3.05, 3.63) is 126 Å². The summed E-state index contributed by atoms with van der Waals surface area (Å²) < 4.78 is 5.56. The second-order valence-corrected chi connectivity index (χ2v) is 11.8. The number of carbonyl (C=O) groups is 3. The van der Waals surface area contributed by atoms with Gasteiger partial charge in [-0.2, -0.15) is 0 Å². The highest BCUT2D eigenvalue weighted by molar-refractivity contribution is 5.92. The summed E-state index contributed by atoms with van der Waals surface area (Å²) in [5.41, 5.74) is 2.65. The van der Waals surface area contributed by atoms with E-state index in [-0.39, 0.29) is 36.5 Å². The number of oxazole rings is 1. The standard InChI is InChI=1S/C36H42N4O6/c1-24(2)21-31(40(36(44)45)22-27-15-9-5-10-16-27)34(43)38-29(20-19-26-13-7-4-8-14-26)32(41)35-39-30(23-46-35)33(42)37-25(3)28-17-11-6-12-18-28/h4-18,23-25,29,31-32,41H,19-22H2,1-3H3,(H,37,42)(H,38,43)(H,44,45)/t25-,29?,31?,32?/m0/s1. The summed E-state index contributed by atoms with van der Waals surface area (Å²) in [5, 5.41) is 27.4. The minimum Gasteiger partial charge on any atom is -0.465 e. The highest BCUT2D eigenvalue weighted by Crippen LogP contribution is 2.23. The average Bonchev–Trinajstić information content (AvgIpc) is 3.56. The van der Waals surface area contributed by atoms with Gasteiger partial charge in [0.15, 0.2) is 11.8 Å². The predicted molar refractivity (Wildman–Crippen MR) is 174 cm³/mol. The zero-order valence-corrected chi connectivity index (χ0v) is 26.4. The lowest BCUT2D eigenvalue weighted by molar-refractivity contribution is -0.128. The Labute approximate surface area is 269 Å². The molecule has 0 bridgehead atoms. The van der Waals surface area contributed by atoms with Crippen molar-refractivity contribution in [2.75, 3.05) is 0 Å². The number of benzene rings is 3. The van der Waals surface area contributed by atoms with Gasteiger partial charge >= 0.3 is 6.09 Å². The zero-order valence-electron chi connectivity index (χ0n) is 26.4. The molecule has 4 atom stereocenters. The Morgan fingerprint density at radius 1 is 0.848 bits per heavy atom. The maximum absolute atomic E-state index is 13.9. The van der Waals surface area contributed by atoms with Crippen molar-refractivity contribution in [1.29, 1.82) is 0 Å². The lowest BCUT2D eigenvalue weighted by Crippen LogP contribution is -2.53. The minimum atomic E-state index is -1.41. The van der Waals surface area contributed by atoms with Crippen LogP contribution in [-0.2, 0) is 17.8 Å². The molecule has 1 heterocycles. The SMILES string of the molecule is CC(C)CC(C(=O)NC(CCc1ccccc1)C(O)c1nc(C(=O)N[C@@H](C)c2ccccc2)co1)N(Cc1ccccc1)C(=O)O. The van der Waals surface area contributed by atoms with Crippen LogP contribution < -0.4 is 10.6 Å². The number of carboxylic acid groups (broad SMARTS) is 1. The minimum absolute atomic E-state index is 0.00662. The molecule has 0 fully saturated rings. The van der Waals surface area contributed by atoms with Gasteiger partial charge in [-0.05, 0) is 48.8 Å². The van der Waals surface area contributed by atoms with E-state index in [0.717, 1.165) is 21.6 Å². The summed E-state index contributed by atoms with van der Waals surface area (Å²) in [6.45, 7) is 5.72. The van der Waals surface area contributed by atoms with E-state index < -0.39 is 36.1 Å². The summed E-state index contributed by atoms with van der Waals surface area (Å²) >= 11 is 0. The van der Waals surface area contributed by atoms with E-state index in [0.29, 0.717) is 12.8 Å². The molecule has 10 nitrogen and oxygen atoms in total. The molecule has 4 rings (SSSR count). The van der Waals surface area contributed by atoms with Gasteiger partial charge in [0.25, 0.3) is 5.91 Å². The smallest absolute Gasteiger partial charge is 0.408 e. The molecule has 0 spiro atoms. The van der Waals surface area contributed by atoms with Gasteiger partial charge in [-0.1, -0.05) is 105 Å². The van der Waals surface area contributed by atoms with Crippen molar-refractivity contribution in [1.82, 2.24) is 20.5 Å². The molecule has 3 unspecified atom stereocenters. The van der Waals surface area contributed by atoms with Crippen LogP contribution in [-0.4, -0.2) is 50.1 Å². The molecule has 10 heteroatoms. The van der Waals surface area contributed by atoms with E-state index in [1.54, 1.807) is 0 Å². The normalized spacial score (nSPS) is 13.8. The molecule has 46 heavy (non-hydrogen) atoms. The number of aliphatic hydroxyl groups is 1. The molecule has 0 aliphatic carbocycles. The molecule has 242 valence electrons. The van der Waals surface area contributed by atoms with E-state index >= 15 is 0 Å². The summed E-state index contributed by atoms with van der Waals surface area (Å²) in [5.74, 6) is -1.13. The maximum atomic E-state index is 13.9. The van der Waals surface area contributed by atoms with Gasteiger partial charge in [0.1, 0.15) is 12.3 Å². The quantitative estimate of drug-likeness (QED) is 0.128. The molecule has 1 aromatic heterocycles. The Balaban J connectivity index is 1.55. The van der Waals surface area contributed by atoms with Crippen molar-refractivity contribution in [3.8, 4) is 0 Å². The number of amides is 3. The van der Waals surface area contributed by atoms with Gasteiger partial charge in [0.05, 0.1) is 12.1 Å². The number of hydrogen-bond donors (Lipinski definition) is 4. The molecular formula is C36H42N4O6. The summed E-state index contributed by atoms with van der Waals surface area (Å²) in [6, 6.07) is 26.0. The fourth-order valence-corrected chi connectivity index (χ4v) is 5.26. The Hall–Kier alpha value is -4.96. The second-order valence-electron chi connectivity index (χ2n) is 11.8. The van der Waals surface area contributed by atoms with Crippen LogP contribution in [0.2, 0.25) is 0 Å². The molecule has 0 aliphatic heterocycles.